The Morgan fingerprint density at radius 2 is 1.71 bits per heavy atom. The molecule has 1 heterocycles. The SMILES string of the molecule is CCc1cccc(CC)c1-c1ccc2c(n1)CCCC2=O. The van der Waals surface area contributed by atoms with Crippen LogP contribution in [0.25, 0.3) is 11.3 Å². The Kier molecular flexibility index (Phi) is 3.87. The second-order valence-electron chi connectivity index (χ2n) is 5.63. The van der Waals surface area contributed by atoms with Crippen LogP contribution in [-0.4, -0.2) is 10.8 Å². The molecule has 0 bridgehead atoms. The van der Waals surface area contributed by atoms with E-state index in [1.165, 1.54) is 16.7 Å². The zero-order chi connectivity index (χ0) is 14.8. The maximum atomic E-state index is 11.9. The molecular formula is C19H21NO. The number of pyridine rings is 1. The van der Waals surface area contributed by atoms with E-state index in [2.05, 4.69) is 32.0 Å². The molecule has 0 saturated carbocycles. The van der Waals surface area contributed by atoms with Gasteiger partial charge in [0.15, 0.2) is 5.78 Å². The number of rotatable bonds is 3. The summed E-state index contributed by atoms with van der Waals surface area (Å²) >= 11 is 0. The molecule has 1 aromatic heterocycles. The lowest BCUT2D eigenvalue weighted by atomic mass is 9.91. The van der Waals surface area contributed by atoms with E-state index in [1.54, 1.807) is 0 Å². The summed E-state index contributed by atoms with van der Waals surface area (Å²) in [6, 6.07) is 10.5. The number of benzene rings is 1. The van der Waals surface area contributed by atoms with Gasteiger partial charge in [-0.25, -0.2) is 0 Å². The number of carbonyl (C=O) groups is 1. The van der Waals surface area contributed by atoms with E-state index < -0.39 is 0 Å². The van der Waals surface area contributed by atoms with E-state index in [1.807, 2.05) is 12.1 Å². The third-order valence-electron chi connectivity index (χ3n) is 4.35. The minimum Gasteiger partial charge on any atom is -0.294 e. The van der Waals surface area contributed by atoms with Crippen LogP contribution in [0, 0.1) is 0 Å². The Balaban J connectivity index is 2.15. The van der Waals surface area contributed by atoms with Crippen molar-refractivity contribution in [1.82, 2.24) is 4.98 Å². The number of nitrogens with zero attached hydrogens (tertiary/aromatic N) is 1. The molecule has 0 atom stereocenters. The van der Waals surface area contributed by atoms with Crippen LogP contribution < -0.4 is 0 Å². The summed E-state index contributed by atoms with van der Waals surface area (Å²) in [5.74, 6) is 0.245. The van der Waals surface area contributed by atoms with E-state index in [4.69, 9.17) is 4.98 Å². The molecule has 0 N–H and O–H groups in total. The first-order chi connectivity index (χ1) is 10.2. The molecule has 1 aromatic carbocycles. The van der Waals surface area contributed by atoms with Gasteiger partial charge in [-0.15, -0.1) is 0 Å². The maximum absolute atomic E-state index is 11.9. The zero-order valence-electron chi connectivity index (χ0n) is 12.8. The van der Waals surface area contributed by atoms with E-state index >= 15 is 0 Å². The molecule has 0 unspecified atom stereocenters. The molecule has 0 radical (unpaired) electrons. The highest BCUT2D eigenvalue weighted by Crippen LogP contribution is 2.30. The summed E-state index contributed by atoms with van der Waals surface area (Å²) in [6.07, 6.45) is 4.52. The van der Waals surface area contributed by atoms with Crippen molar-refractivity contribution in [1.29, 1.82) is 0 Å². The summed E-state index contributed by atoms with van der Waals surface area (Å²) in [6.45, 7) is 4.36. The van der Waals surface area contributed by atoms with Crippen LogP contribution in [0.1, 0.15) is 53.9 Å². The van der Waals surface area contributed by atoms with Crippen LogP contribution in [-0.2, 0) is 19.3 Å². The van der Waals surface area contributed by atoms with Crippen molar-refractivity contribution in [3.8, 4) is 11.3 Å². The molecule has 1 aliphatic rings. The Hall–Kier alpha value is -1.96. The molecular weight excluding hydrogens is 258 g/mol. The number of ketones is 1. The van der Waals surface area contributed by atoms with Gasteiger partial charge < -0.3 is 0 Å². The van der Waals surface area contributed by atoms with Gasteiger partial charge in [0, 0.05) is 17.5 Å². The summed E-state index contributed by atoms with van der Waals surface area (Å²) in [7, 11) is 0. The number of fused-ring (bicyclic) bond motifs is 1. The lowest BCUT2D eigenvalue weighted by Gasteiger charge is -2.17. The van der Waals surface area contributed by atoms with E-state index in [0.717, 1.165) is 42.6 Å². The Labute approximate surface area is 126 Å². The quantitative estimate of drug-likeness (QED) is 0.834. The topological polar surface area (TPSA) is 30.0 Å². The van der Waals surface area contributed by atoms with Crippen molar-refractivity contribution in [2.24, 2.45) is 0 Å². The van der Waals surface area contributed by atoms with E-state index in [0.29, 0.717) is 6.42 Å². The van der Waals surface area contributed by atoms with Crippen LogP contribution in [0.5, 0.6) is 0 Å². The van der Waals surface area contributed by atoms with Crippen molar-refractivity contribution < 1.29 is 4.79 Å². The van der Waals surface area contributed by atoms with Crippen LogP contribution in [0.3, 0.4) is 0 Å². The van der Waals surface area contributed by atoms with Gasteiger partial charge in [-0.2, -0.15) is 0 Å². The fourth-order valence-corrected chi connectivity index (χ4v) is 3.21. The maximum Gasteiger partial charge on any atom is 0.164 e. The number of aromatic nitrogens is 1. The average Bonchev–Trinajstić information content (AvgIpc) is 2.54. The van der Waals surface area contributed by atoms with Crippen LogP contribution >= 0.6 is 0 Å². The van der Waals surface area contributed by atoms with Gasteiger partial charge in [0.2, 0.25) is 0 Å². The minimum atomic E-state index is 0.245. The number of Topliss-reactive ketones (excluding diaryl/α,β-unsaturated/α-hetero) is 1. The van der Waals surface area contributed by atoms with E-state index in [9.17, 15) is 4.79 Å². The van der Waals surface area contributed by atoms with Crippen molar-refractivity contribution in [2.45, 2.75) is 46.0 Å². The van der Waals surface area contributed by atoms with Gasteiger partial charge >= 0.3 is 0 Å². The highest BCUT2D eigenvalue weighted by atomic mass is 16.1. The molecule has 0 fully saturated rings. The third-order valence-corrected chi connectivity index (χ3v) is 4.35. The molecule has 0 amide bonds. The van der Waals surface area contributed by atoms with Crippen molar-refractivity contribution >= 4 is 5.78 Å². The summed E-state index contributed by atoms with van der Waals surface area (Å²) in [5.41, 5.74) is 6.78. The fourth-order valence-electron chi connectivity index (χ4n) is 3.21. The standard InChI is InChI=1S/C19H21NO/c1-3-13-7-5-8-14(4-2)19(13)17-12-11-15-16(20-17)9-6-10-18(15)21/h5,7-8,11-12H,3-4,6,9-10H2,1-2H3. The minimum absolute atomic E-state index is 0.245. The monoisotopic (exact) mass is 279 g/mol. The van der Waals surface area contributed by atoms with Gasteiger partial charge in [-0.3, -0.25) is 9.78 Å². The predicted octanol–water partition coefficient (Wildman–Crippen LogP) is 4.39. The highest BCUT2D eigenvalue weighted by Gasteiger charge is 2.20. The molecule has 108 valence electrons. The second kappa shape index (κ2) is 5.80. The summed E-state index contributed by atoms with van der Waals surface area (Å²) in [4.78, 5) is 16.8. The van der Waals surface area contributed by atoms with Crippen LogP contribution in [0.2, 0.25) is 0 Å². The van der Waals surface area contributed by atoms with Gasteiger partial charge in [0.05, 0.1) is 11.4 Å². The first-order valence-corrected chi connectivity index (χ1v) is 7.88. The van der Waals surface area contributed by atoms with Crippen LogP contribution in [0.4, 0.5) is 0 Å². The van der Waals surface area contributed by atoms with Crippen molar-refractivity contribution in [2.75, 3.05) is 0 Å². The molecule has 0 spiro atoms. The zero-order valence-corrected chi connectivity index (χ0v) is 12.8. The Morgan fingerprint density at radius 1 is 1.00 bits per heavy atom. The molecule has 0 saturated heterocycles. The van der Waals surface area contributed by atoms with Gasteiger partial charge in [0.1, 0.15) is 0 Å². The molecule has 1 aliphatic carbocycles. The van der Waals surface area contributed by atoms with Crippen molar-refractivity contribution in [3.63, 3.8) is 0 Å². The lowest BCUT2D eigenvalue weighted by Crippen LogP contribution is -2.13. The first-order valence-electron chi connectivity index (χ1n) is 7.88. The van der Waals surface area contributed by atoms with E-state index in [-0.39, 0.29) is 5.78 Å². The van der Waals surface area contributed by atoms with Crippen molar-refractivity contribution in [3.05, 3.63) is 52.7 Å². The molecule has 21 heavy (non-hydrogen) atoms. The van der Waals surface area contributed by atoms with Gasteiger partial charge in [-0.05, 0) is 48.9 Å². The number of hydrogen-bond acceptors (Lipinski definition) is 2. The number of carbonyl (C=O) groups excluding carboxylic acids is 1. The van der Waals surface area contributed by atoms with Gasteiger partial charge in [0.25, 0.3) is 0 Å². The normalized spacial score (nSPS) is 14.1. The summed E-state index contributed by atoms with van der Waals surface area (Å²) in [5, 5.41) is 0. The number of aryl methyl sites for hydroxylation is 3. The fraction of sp³-hybridized carbons (Fsp3) is 0.368. The smallest absolute Gasteiger partial charge is 0.164 e. The summed E-state index contributed by atoms with van der Waals surface area (Å²) < 4.78 is 0. The number of hydrogen-bond donors (Lipinski definition) is 0. The first kappa shape index (κ1) is 14.0. The molecule has 2 heteroatoms. The highest BCUT2D eigenvalue weighted by molar-refractivity contribution is 5.98. The predicted molar refractivity (Wildman–Crippen MR) is 85.7 cm³/mol. The second-order valence-corrected chi connectivity index (χ2v) is 5.63. The molecule has 2 aromatic rings. The largest absolute Gasteiger partial charge is 0.294 e. The molecule has 3 rings (SSSR count). The van der Waals surface area contributed by atoms with Crippen LogP contribution in [0.15, 0.2) is 30.3 Å². The Bertz CT molecular complexity index is 666. The third kappa shape index (κ3) is 2.51. The lowest BCUT2D eigenvalue weighted by molar-refractivity contribution is 0.0971. The Morgan fingerprint density at radius 3 is 2.38 bits per heavy atom. The van der Waals surface area contributed by atoms with Gasteiger partial charge in [-0.1, -0.05) is 32.0 Å². The average molecular weight is 279 g/mol. The molecule has 0 aliphatic heterocycles. The molecule has 2 nitrogen and oxygen atoms in total.